The zero-order valence-electron chi connectivity index (χ0n) is 12.1. The van der Waals surface area contributed by atoms with E-state index < -0.39 is 5.60 Å². The standard InChI is InChI=1S/C15H21FN2O2/c1-4-20-15(2,3)10-18-13(19)9-17-14(18)11-6-5-7-12(16)8-11/h5-8,14,17H,4,9-10H2,1-3H3. The predicted molar refractivity (Wildman–Crippen MR) is 74.6 cm³/mol. The monoisotopic (exact) mass is 280 g/mol. The summed E-state index contributed by atoms with van der Waals surface area (Å²) in [5.41, 5.74) is 0.324. The molecule has 5 heteroatoms. The highest BCUT2D eigenvalue weighted by Crippen LogP contribution is 2.26. The minimum Gasteiger partial charge on any atom is -0.374 e. The van der Waals surface area contributed by atoms with Crippen molar-refractivity contribution < 1.29 is 13.9 Å². The molecular weight excluding hydrogens is 259 g/mol. The molecule has 0 saturated carbocycles. The third kappa shape index (κ3) is 3.35. The number of nitrogens with one attached hydrogen (secondary N) is 1. The van der Waals surface area contributed by atoms with Crippen LogP contribution < -0.4 is 5.32 Å². The average Bonchev–Trinajstić information content (AvgIpc) is 2.70. The summed E-state index contributed by atoms with van der Waals surface area (Å²) in [6.45, 7) is 7.15. The van der Waals surface area contributed by atoms with Gasteiger partial charge in [0, 0.05) is 6.61 Å². The molecule has 1 N–H and O–H groups in total. The molecular formula is C15H21FN2O2. The second-order valence-electron chi connectivity index (χ2n) is 5.55. The van der Waals surface area contributed by atoms with E-state index in [1.807, 2.05) is 26.8 Å². The number of carbonyl (C=O) groups excluding carboxylic acids is 1. The molecule has 1 aromatic carbocycles. The molecule has 0 radical (unpaired) electrons. The Hall–Kier alpha value is -1.46. The van der Waals surface area contributed by atoms with E-state index >= 15 is 0 Å². The normalized spacial score (nSPS) is 19.7. The molecule has 0 aliphatic carbocycles. The van der Waals surface area contributed by atoms with Crippen molar-refractivity contribution in [1.29, 1.82) is 0 Å². The number of rotatable bonds is 5. The van der Waals surface area contributed by atoms with Crippen LogP contribution in [-0.4, -0.2) is 36.1 Å². The van der Waals surface area contributed by atoms with E-state index in [-0.39, 0.29) is 24.4 Å². The highest BCUT2D eigenvalue weighted by atomic mass is 19.1. The van der Waals surface area contributed by atoms with Gasteiger partial charge in [-0.1, -0.05) is 12.1 Å². The largest absolute Gasteiger partial charge is 0.374 e. The third-order valence-corrected chi connectivity index (χ3v) is 3.33. The Balaban J connectivity index is 2.19. The zero-order valence-corrected chi connectivity index (χ0v) is 12.1. The van der Waals surface area contributed by atoms with Gasteiger partial charge in [-0.2, -0.15) is 0 Å². The number of ether oxygens (including phenoxy) is 1. The molecule has 1 aliphatic rings. The summed E-state index contributed by atoms with van der Waals surface area (Å²) in [4.78, 5) is 13.8. The van der Waals surface area contributed by atoms with Gasteiger partial charge in [-0.25, -0.2) is 4.39 Å². The first kappa shape index (κ1) is 14.9. The first-order valence-electron chi connectivity index (χ1n) is 6.85. The first-order chi connectivity index (χ1) is 9.43. The maximum atomic E-state index is 13.3. The molecule has 1 aliphatic heterocycles. The van der Waals surface area contributed by atoms with Crippen LogP contribution in [0.15, 0.2) is 24.3 Å². The number of hydrogen-bond acceptors (Lipinski definition) is 3. The van der Waals surface area contributed by atoms with Crippen molar-refractivity contribution in [3.05, 3.63) is 35.6 Å². The van der Waals surface area contributed by atoms with Crippen molar-refractivity contribution in [2.45, 2.75) is 32.5 Å². The van der Waals surface area contributed by atoms with E-state index in [9.17, 15) is 9.18 Å². The molecule has 1 heterocycles. The summed E-state index contributed by atoms with van der Waals surface area (Å²) in [6, 6.07) is 6.33. The Kier molecular flexibility index (Phi) is 4.40. The molecule has 1 fully saturated rings. The SMILES string of the molecule is CCOC(C)(C)CN1C(=O)CNC1c1cccc(F)c1. The number of carbonyl (C=O) groups is 1. The Morgan fingerprint density at radius 1 is 1.50 bits per heavy atom. The maximum absolute atomic E-state index is 13.3. The van der Waals surface area contributed by atoms with Crippen molar-refractivity contribution in [2.24, 2.45) is 0 Å². The molecule has 20 heavy (non-hydrogen) atoms. The molecule has 1 unspecified atom stereocenters. The molecule has 2 rings (SSSR count). The smallest absolute Gasteiger partial charge is 0.238 e. The first-order valence-corrected chi connectivity index (χ1v) is 6.85. The number of hydrogen-bond donors (Lipinski definition) is 1. The fourth-order valence-corrected chi connectivity index (χ4v) is 2.54. The minimum atomic E-state index is -0.429. The van der Waals surface area contributed by atoms with Crippen molar-refractivity contribution in [1.82, 2.24) is 10.2 Å². The van der Waals surface area contributed by atoms with Gasteiger partial charge in [-0.15, -0.1) is 0 Å². The Labute approximate surface area is 118 Å². The van der Waals surface area contributed by atoms with E-state index in [4.69, 9.17) is 4.74 Å². The lowest BCUT2D eigenvalue weighted by atomic mass is 10.1. The summed E-state index contributed by atoms with van der Waals surface area (Å²) in [5.74, 6) is -0.292. The fraction of sp³-hybridized carbons (Fsp3) is 0.533. The molecule has 1 atom stereocenters. The Bertz CT molecular complexity index is 491. The van der Waals surface area contributed by atoms with Gasteiger partial charge < -0.3 is 9.64 Å². The van der Waals surface area contributed by atoms with E-state index in [0.717, 1.165) is 5.56 Å². The molecule has 4 nitrogen and oxygen atoms in total. The molecule has 1 saturated heterocycles. The van der Waals surface area contributed by atoms with Crippen LogP contribution in [0.4, 0.5) is 4.39 Å². The Morgan fingerprint density at radius 3 is 2.90 bits per heavy atom. The van der Waals surface area contributed by atoms with Crippen molar-refractivity contribution >= 4 is 5.91 Å². The number of halogens is 1. The van der Waals surface area contributed by atoms with Crippen LogP contribution in [-0.2, 0) is 9.53 Å². The lowest BCUT2D eigenvalue weighted by Gasteiger charge is -2.33. The molecule has 1 aromatic rings. The van der Waals surface area contributed by atoms with E-state index in [0.29, 0.717) is 13.2 Å². The van der Waals surface area contributed by atoms with Gasteiger partial charge in [-0.05, 0) is 38.5 Å². The highest BCUT2D eigenvalue weighted by Gasteiger charge is 2.35. The number of nitrogens with zero attached hydrogens (tertiary/aromatic N) is 1. The van der Waals surface area contributed by atoms with Crippen LogP contribution >= 0.6 is 0 Å². The van der Waals surface area contributed by atoms with Crippen LogP contribution in [0.5, 0.6) is 0 Å². The second kappa shape index (κ2) is 5.89. The quantitative estimate of drug-likeness (QED) is 0.897. The summed E-state index contributed by atoms with van der Waals surface area (Å²) < 4.78 is 19.0. The molecule has 0 aromatic heterocycles. The second-order valence-corrected chi connectivity index (χ2v) is 5.55. The van der Waals surface area contributed by atoms with Crippen molar-refractivity contribution in [2.75, 3.05) is 19.7 Å². The molecule has 0 bridgehead atoms. The van der Waals surface area contributed by atoms with E-state index in [1.165, 1.54) is 12.1 Å². The topological polar surface area (TPSA) is 41.6 Å². The number of benzene rings is 1. The van der Waals surface area contributed by atoms with Crippen molar-refractivity contribution in [3.8, 4) is 0 Å². The maximum Gasteiger partial charge on any atom is 0.238 e. The van der Waals surface area contributed by atoms with Gasteiger partial charge in [0.15, 0.2) is 0 Å². The molecule has 110 valence electrons. The van der Waals surface area contributed by atoms with Crippen molar-refractivity contribution in [3.63, 3.8) is 0 Å². The average molecular weight is 280 g/mol. The van der Waals surface area contributed by atoms with Gasteiger partial charge in [0.05, 0.1) is 18.7 Å². The number of amides is 1. The van der Waals surface area contributed by atoms with Crippen LogP contribution in [0.2, 0.25) is 0 Å². The Morgan fingerprint density at radius 2 is 2.25 bits per heavy atom. The summed E-state index contributed by atoms with van der Waals surface area (Å²) in [6.07, 6.45) is -0.294. The zero-order chi connectivity index (χ0) is 14.8. The lowest BCUT2D eigenvalue weighted by molar-refractivity contribution is -0.132. The summed E-state index contributed by atoms with van der Waals surface area (Å²) in [7, 11) is 0. The predicted octanol–water partition coefficient (Wildman–Crippen LogP) is 2.07. The third-order valence-electron chi connectivity index (χ3n) is 3.33. The van der Waals surface area contributed by atoms with Crippen LogP contribution in [0, 0.1) is 5.82 Å². The van der Waals surface area contributed by atoms with E-state index in [1.54, 1.807) is 11.0 Å². The fourth-order valence-electron chi connectivity index (χ4n) is 2.54. The summed E-state index contributed by atoms with van der Waals surface area (Å²) >= 11 is 0. The minimum absolute atomic E-state index is 0.00652. The highest BCUT2D eigenvalue weighted by molar-refractivity contribution is 5.81. The van der Waals surface area contributed by atoms with Gasteiger partial charge >= 0.3 is 0 Å². The molecule has 1 amide bonds. The van der Waals surface area contributed by atoms with E-state index in [2.05, 4.69) is 5.32 Å². The lowest BCUT2D eigenvalue weighted by Crippen LogP contribution is -2.43. The molecule has 0 spiro atoms. The van der Waals surface area contributed by atoms with Crippen LogP contribution in [0.25, 0.3) is 0 Å². The van der Waals surface area contributed by atoms with Gasteiger partial charge in [-0.3, -0.25) is 10.1 Å². The van der Waals surface area contributed by atoms with Crippen LogP contribution in [0.1, 0.15) is 32.5 Å². The van der Waals surface area contributed by atoms with Crippen LogP contribution in [0.3, 0.4) is 0 Å². The summed E-state index contributed by atoms with van der Waals surface area (Å²) in [5, 5.41) is 3.12. The van der Waals surface area contributed by atoms with Gasteiger partial charge in [0.25, 0.3) is 0 Å². The van der Waals surface area contributed by atoms with Gasteiger partial charge in [0.1, 0.15) is 12.0 Å². The van der Waals surface area contributed by atoms with Gasteiger partial charge in [0.2, 0.25) is 5.91 Å².